The fourth-order valence-electron chi connectivity index (χ4n) is 4.53. The van der Waals surface area contributed by atoms with Crippen LogP contribution in [0, 0.1) is 0 Å². The van der Waals surface area contributed by atoms with Crippen molar-refractivity contribution in [1.29, 1.82) is 0 Å². The summed E-state index contributed by atoms with van der Waals surface area (Å²) in [5, 5.41) is 11.3. The molecule has 2 aromatic carbocycles. The Kier molecular flexibility index (Phi) is 6.85. The Morgan fingerprint density at radius 1 is 1.08 bits per heavy atom. The highest BCUT2D eigenvalue weighted by Crippen LogP contribution is 2.36. The van der Waals surface area contributed by atoms with Crippen molar-refractivity contribution in [3.8, 4) is 11.5 Å². The number of hydrogen-bond acceptors (Lipinski definition) is 9. The standard InChI is InChI=1S/C25H27N5O7S/c1-34-20-10-19-21(8-18(20)14-30-13-15(12-27-30)11-26-25(31)36-3)37-28-24(19)29-38(32,33)23-9-17-6-4-5-16(17)7-22(23)35-2/h7-10,12-13H,4-6,11,14H2,1-3H3,(H,26,31)(H,28,29). The molecule has 0 saturated carbocycles. The number of benzene rings is 2. The molecule has 200 valence electrons. The van der Waals surface area contributed by atoms with Gasteiger partial charge in [-0.3, -0.25) is 9.40 Å². The molecule has 0 spiro atoms. The van der Waals surface area contributed by atoms with Crippen molar-refractivity contribution in [3.63, 3.8) is 0 Å². The van der Waals surface area contributed by atoms with E-state index >= 15 is 0 Å². The first-order valence-corrected chi connectivity index (χ1v) is 13.3. The van der Waals surface area contributed by atoms with Crippen LogP contribution in [-0.4, -0.2) is 50.8 Å². The summed E-state index contributed by atoms with van der Waals surface area (Å²) in [6.07, 6.45) is 5.60. The number of fused-ring (bicyclic) bond motifs is 2. The van der Waals surface area contributed by atoms with Gasteiger partial charge in [-0.25, -0.2) is 13.2 Å². The summed E-state index contributed by atoms with van der Waals surface area (Å²) in [5.74, 6) is 0.829. The first-order valence-electron chi connectivity index (χ1n) is 11.8. The number of carbonyl (C=O) groups is 1. The van der Waals surface area contributed by atoms with E-state index in [-0.39, 0.29) is 23.0 Å². The van der Waals surface area contributed by atoms with Crippen LogP contribution in [0.5, 0.6) is 11.5 Å². The number of sulfonamides is 1. The van der Waals surface area contributed by atoms with Gasteiger partial charge in [0.2, 0.25) is 0 Å². The summed E-state index contributed by atoms with van der Waals surface area (Å²) in [6.45, 7) is 0.606. The predicted octanol–water partition coefficient (Wildman–Crippen LogP) is 3.24. The van der Waals surface area contributed by atoms with Crippen molar-refractivity contribution in [2.24, 2.45) is 0 Å². The Morgan fingerprint density at radius 2 is 1.84 bits per heavy atom. The van der Waals surface area contributed by atoms with Gasteiger partial charge in [-0.15, -0.1) is 0 Å². The number of nitrogens with one attached hydrogen (secondary N) is 2. The molecular weight excluding hydrogens is 514 g/mol. The van der Waals surface area contributed by atoms with E-state index in [1.165, 1.54) is 21.3 Å². The third-order valence-electron chi connectivity index (χ3n) is 6.41. The number of anilines is 1. The average Bonchev–Trinajstić information content (AvgIpc) is 3.66. The van der Waals surface area contributed by atoms with Gasteiger partial charge < -0.3 is 24.1 Å². The first kappa shape index (κ1) is 25.4. The predicted molar refractivity (Wildman–Crippen MR) is 137 cm³/mol. The monoisotopic (exact) mass is 541 g/mol. The van der Waals surface area contributed by atoms with Crippen LogP contribution in [-0.2, 0) is 40.7 Å². The smallest absolute Gasteiger partial charge is 0.407 e. The Bertz CT molecular complexity index is 1610. The van der Waals surface area contributed by atoms with Gasteiger partial charge in [0.15, 0.2) is 11.4 Å². The molecule has 12 nitrogen and oxygen atoms in total. The molecule has 2 N–H and O–H groups in total. The normalized spacial score (nSPS) is 12.8. The van der Waals surface area contributed by atoms with Crippen LogP contribution in [0.1, 0.15) is 28.7 Å². The molecule has 2 aromatic heterocycles. The lowest BCUT2D eigenvalue weighted by atomic mass is 10.1. The summed E-state index contributed by atoms with van der Waals surface area (Å²) in [4.78, 5) is 11.3. The van der Waals surface area contributed by atoms with Crippen molar-refractivity contribution in [1.82, 2.24) is 20.3 Å². The van der Waals surface area contributed by atoms with Crippen LogP contribution in [0.25, 0.3) is 11.0 Å². The molecule has 1 aliphatic carbocycles. The number of ether oxygens (including phenoxy) is 3. The van der Waals surface area contributed by atoms with E-state index in [2.05, 4.69) is 25.0 Å². The third kappa shape index (κ3) is 4.96. The summed E-state index contributed by atoms with van der Waals surface area (Å²) in [5.41, 5.74) is 4.01. The molecule has 1 amide bonds. The van der Waals surface area contributed by atoms with Gasteiger partial charge in [0, 0.05) is 23.9 Å². The van der Waals surface area contributed by atoms with Crippen molar-refractivity contribution < 1.29 is 31.9 Å². The van der Waals surface area contributed by atoms with E-state index in [4.69, 9.17) is 14.0 Å². The minimum absolute atomic E-state index is 0.0441. The van der Waals surface area contributed by atoms with E-state index in [9.17, 15) is 13.2 Å². The number of methoxy groups -OCH3 is 3. The number of aromatic nitrogens is 3. The minimum atomic E-state index is -4.02. The SMILES string of the molecule is COC(=O)NCc1cnn(Cc2cc3onc(NS(=O)(=O)c4cc5c(cc4OC)CCC5)c3cc2OC)c1. The molecule has 1 aliphatic rings. The van der Waals surface area contributed by atoms with Crippen LogP contribution in [0.15, 0.2) is 46.1 Å². The lowest BCUT2D eigenvalue weighted by molar-refractivity contribution is 0.170. The highest BCUT2D eigenvalue weighted by Gasteiger charge is 2.26. The molecular formula is C25H27N5O7S. The molecule has 5 rings (SSSR count). The lowest BCUT2D eigenvalue weighted by Crippen LogP contribution is -2.21. The van der Waals surface area contributed by atoms with E-state index < -0.39 is 16.1 Å². The van der Waals surface area contributed by atoms with Crippen molar-refractivity contribution >= 4 is 32.9 Å². The Labute approximate surface area is 218 Å². The largest absolute Gasteiger partial charge is 0.496 e. The van der Waals surface area contributed by atoms with Gasteiger partial charge in [0.25, 0.3) is 10.0 Å². The van der Waals surface area contributed by atoms with Crippen LogP contribution in [0.4, 0.5) is 10.6 Å². The topological polar surface area (TPSA) is 147 Å². The molecule has 2 heterocycles. The number of aryl methyl sites for hydroxylation is 2. The molecule has 38 heavy (non-hydrogen) atoms. The number of alkyl carbamates (subject to hydrolysis) is 1. The number of rotatable bonds is 9. The molecule has 0 saturated heterocycles. The second-order valence-corrected chi connectivity index (χ2v) is 10.5. The van der Waals surface area contributed by atoms with Crippen LogP contribution in [0.3, 0.4) is 0 Å². The molecule has 0 aliphatic heterocycles. The third-order valence-corrected chi connectivity index (χ3v) is 7.77. The lowest BCUT2D eigenvalue weighted by Gasteiger charge is -2.13. The molecule has 4 aromatic rings. The van der Waals surface area contributed by atoms with E-state index in [0.29, 0.717) is 23.3 Å². The second kappa shape index (κ2) is 10.2. The van der Waals surface area contributed by atoms with E-state index in [0.717, 1.165) is 41.5 Å². The van der Waals surface area contributed by atoms with Gasteiger partial charge in [-0.1, -0.05) is 5.16 Å². The summed E-state index contributed by atoms with van der Waals surface area (Å²) < 4.78 is 51.9. The van der Waals surface area contributed by atoms with Crippen molar-refractivity contribution in [2.75, 3.05) is 26.1 Å². The van der Waals surface area contributed by atoms with Gasteiger partial charge in [0.05, 0.1) is 39.5 Å². The Hall–Kier alpha value is -4.26. The Morgan fingerprint density at radius 3 is 2.58 bits per heavy atom. The molecule has 0 atom stereocenters. The maximum absolute atomic E-state index is 13.4. The summed E-state index contributed by atoms with van der Waals surface area (Å²) in [6, 6.07) is 6.86. The van der Waals surface area contributed by atoms with E-state index in [1.807, 2.05) is 0 Å². The van der Waals surface area contributed by atoms with Crippen molar-refractivity contribution in [3.05, 3.63) is 58.9 Å². The van der Waals surface area contributed by atoms with Crippen LogP contribution in [0.2, 0.25) is 0 Å². The quantitative estimate of drug-likeness (QED) is 0.326. The highest BCUT2D eigenvalue weighted by molar-refractivity contribution is 7.92. The molecule has 0 unspecified atom stereocenters. The number of carbonyl (C=O) groups excluding carboxylic acids is 1. The van der Waals surface area contributed by atoms with Crippen LogP contribution >= 0.6 is 0 Å². The molecule has 13 heteroatoms. The zero-order valence-electron chi connectivity index (χ0n) is 21.1. The summed E-state index contributed by atoms with van der Waals surface area (Å²) in [7, 11) is 0.247. The van der Waals surface area contributed by atoms with Gasteiger partial charge in [0.1, 0.15) is 16.4 Å². The average molecular weight is 542 g/mol. The zero-order chi connectivity index (χ0) is 26.9. The molecule has 0 fully saturated rings. The van der Waals surface area contributed by atoms with Crippen LogP contribution < -0.4 is 19.5 Å². The van der Waals surface area contributed by atoms with Gasteiger partial charge in [-0.2, -0.15) is 5.10 Å². The fraction of sp³-hybridized carbons (Fsp3) is 0.320. The second-order valence-electron chi connectivity index (χ2n) is 8.81. The minimum Gasteiger partial charge on any atom is -0.496 e. The molecule has 0 bridgehead atoms. The number of amides is 1. The van der Waals surface area contributed by atoms with Crippen molar-refractivity contribution in [2.45, 2.75) is 37.2 Å². The molecule has 0 radical (unpaired) electrons. The maximum atomic E-state index is 13.4. The number of nitrogens with zero attached hydrogens (tertiary/aromatic N) is 3. The number of hydrogen-bond donors (Lipinski definition) is 2. The first-order chi connectivity index (χ1) is 18.3. The van der Waals surface area contributed by atoms with E-state index in [1.54, 1.807) is 41.3 Å². The Balaban J connectivity index is 1.40. The summed E-state index contributed by atoms with van der Waals surface area (Å²) >= 11 is 0. The highest BCUT2D eigenvalue weighted by atomic mass is 32.2. The maximum Gasteiger partial charge on any atom is 0.407 e. The zero-order valence-corrected chi connectivity index (χ0v) is 21.9. The van der Waals surface area contributed by atoms with Gasteiger partial charge in [-0.05, 0) is 54.7 Å². The van der Waals surface area contributed by atoms with Gasteiger partial charge >= 0.3 is 6.09 Å². The fourth-order valence-corrected chi connectivity index (χ4v) is 5.75.